The number of rotatable bonds is 7. The molecule has 100 valence electrons. The number of unbranched alkanes of at least 4 members (excludes halogenated alkanes) is 1. The first kappa shape index (κ1) is 18.3. The van der Waals surface area contributed by atoms with E-state index in [0.29, 0.717) is 12.2 Å². The van der Waals surface area contributed by atoms with Crippen molar-refractivity contribution in [3.05, 3.63) is 49.6 Å². The summed E-state index contributed by atoms with van der Waals surface area (Å²) >= 11 is 0. The summed E-state index contributed by atoms with van der Waals surface area (Å²) < 4.78 is 4.92. The van der Waals surface area contributed by atoms with E-state index in [9.17, 15) is 9.59 Å². The van der Waals surface area contributed by atoms with Crippen LogP contribution in [0.4, 0.5) is 0 Å². The summed E-state index contributed by atoms with van der Waals surface area (Å²) in [5.74, 6) is -1.34. The van der Waals surface area contributed by atoms with Gasteiger partial charge in [-0.15, -0.1) is 0 Å². The summed E-state index contributed by atoms with van der Waals surface area (Å²) in [4.78, 5) is 20.4. The molecule has 0 aliphatic heterocycles. The predicted octanol–water partition coefficient (Wildman–Crippen LogP) is 2.89. The first-order valence-electron chi connectivity index (χ1n) is 5.50. The van der Waals surface area contributed by atoms with Gasteiger partial charge in [0.05, 0.1) is 12.2 Å². The molecule has 0 aliphatic carbocycles. The van der Waals surface area contributed by atoms with Crippen LogP contribution in [0.1, 0.15) is 19.8 Å². The second-order valence-corrected chi connectivity index (χ2v) is 3.15. The SMILES string of the molecule is C=CC(=O)O.C=CC=CC(=C)C(=O)OCCCC. The Morgan fingerprint density at radius 1 is 1.33 bits per heavy atom. The number of hydrogen-bond donors (Lipinski definition) is 1. The van der Waals surface area contributed by atoms with Crippen molar-refractivity contribution in [1.29, 1.82) is 0 Å². The fraction of sp³-hybridized carbons (Fsp3) is 0.286. The molecule has 1 N–H and O–H groups in total. The number of carbonyl (C=O) groups is 2. The van der Waals surface area contributed by atoms with Crippen LogP contribution in [-0.4, -0.2) is 23.7 Å². The monoisotopic (exact) mass is 252 g/mol. The van der Waals surface area contributed by atoms with E-state index < -0.39 is 5.97 Å². The fourth-order valence-electron chi connectivity index (χ4n) is 0.654. The highest BCUT2D eigenvalue weighted by atomic mass is 16.5. The van der Waals surface area contributed by atoms with Gasteiger partial charge in [0.2, 0.25) is 0 Å². The quantitative estimate of drug-likeness (QED) is 0.327. The molecular weight excluding hydrogens is 232 g/mol. The van der Waals surface area contributed by atoms with Gasteiger partial charge in [0, 0.05) is 6.08 Å². The first-order chi connectivity index (χ1) is 8.49. The summed E-state index contributed by atoms with van der Waals surface area (Å²) in [6.07, 6.45) is 7.57. The largest absolute Gasteiger partial charge is 0.478 e. The second kappa shape index (κ2) is 13.0. The third-order valence-corrected chi connectivity index (χ3v) is 1.60. The average molecular weight is 252 g/mol. The number of carboxylic acids is 1. The van der Waals surface area contributed by atoms with Crippen molar-refractivity contribution in [3.63, 3.8) is 0 Å². The van der Waals surface area contributed by atoms with Gasteiger partial charge in [0.15, 0.2) is 0 Å². The van der Waals surface area contributed by atoms with Crippen molar-refractivity contribution in [2.45, 2.75) is 19.8 Å². The third-order valence-electron chi connectivity index (χ3n) is 1.60. The fourth-order valence-corrected chi connectivity index (χ4v) is 0.654. The van der Waals surface area contributed by atoms with E-state index in [1.807, 2.05) is 6.92 Å². The molecule has 0 amide bonds. The Hall–Kier alpha value is -2.10. The van der Waals surface area contributed by atoms with Crippen LogP contribution in [0.25, 0.3) is 0 Å². The standard InChI is InChI=1S/C11H16O2.C3H4O2/c1-4-6-8-10(3)11(12)13-9-7-5-2;1-2-3(4)5/h4,6,8H,1,3,5,7,9H2,2H3;2H,1H2,(H,4,5). The zero-order valence-corrected chi connectivity index (χ0v) is 10.7. The molecule has 0 radical (unpaired) electrons. The van der Waals surface area contributed by atoms with E-state index in [4.69, 9.17) is 9.84 Å². The lowest BCUT2D eigenvalue weighted by molar-refractivity contribution is -0.138. The highest BCUT2D eigenvalue weighted by molar-refractivity contribution is 5.90. The van der Waals surface area contributed by atoms with E-state index in [1.54, 1.807) is 18.2 Å². The van der Waals surface area contributed by atoms with Gasteiger partial charge >= 0.3 is 11.9 Å². The van der Waals surface area contributed by atoms with Gasteiger partial charge in [-0.3, -0.25) is 0 Å². The highest BCUT2D eigenvalue weighted by Crippen LogP contribution is 1.98. The molecule has 0 saturated heterocycles. The van der Waals surface area contributed by atoms with Gasteiger partial charge in [0.1, 0.15) is 0 Å². The van der Waals surface area contributed by atoms with E-state index >= 15 is 0 Å². The number of hydrogen-bond acceptors (Lipinski definition) is 3. The Kier molecular flexibility index (Phi) is 13.2. The second-order valence-electron chi connectivity index (χ2n) is 3.15. The summed E-state index contributed by atoms with van der Waals surface area (Å²) in [5, 5.41) is 7.60. The minimum Gasteiger partial charge on any atom is -0.478 e. The van der Waals surface area contributed by atoms with Crippen molar-refractivity contribution in [1.82, 2.24) is 0 Å². The number of esters is 1. The van der Waals surface area contributed by atoms with Gasteiger partial charge in [-0.2, -0.15) is 0 Å². The summed E-state index contributed by atoms with van der Waals surface area (Å²) in [6.45, 7) is 12.5. The molecule has 0 fully saturated rings. The topological polar surface area (TPSA) is 63.6 Å². The van der Waals surface area contributed by atoms with E-state index in [1.165, 1.54) is 0 Å². The predicted molar refractivity (Wildman–Crippen MR) is 72.2 cm³/mol. The van der Waals surface area contributed by atoms with Crippen LogP contribution >= 0.6 is 0 Å². The smallest absolute Gasteiger partial charge is 0.337 e. The number of aliphatic carboxylic acids is 1. The molecule has 0 aromatic heterocycles. The molecule has 4 heteroatoms. The maximum atomic E-state index is 11.1. The highest BCUT2D eigenvalue weighted by Gasteiger charge is 2.03. The Morgan fingerprint density at radius 3 is 2.28 bits per heavy atom. The van der Waals surface area contributed by atoms with Gasteiger partial charge in [-0.1, -0.05) is 45.2 Å². The van der Waals surface area contributed by atoms with Gasteiger partial charge in [-0.25, -0.2) is 9.59 Å². The van der Waals surface area contributed by atoms with E-state index in [2.05, 4.69) is 19.7 Å². The van der Waals surface area contributed by atoms with Crippen LogP contribution in [0.15, 0.2) is 49.6 Å². The van der Waals surface area contributed by atoms with Crippen LogP contribution in [0, 0.1) is 0 Å². The van der Waals surface area contributed by atoms with Crippen molar-refractivity contribution in [2.24, 2.45) is 0 Å². The molecule has 4 nitrogen and oxygen atoms in total. The van der Waals surface area contributed by atoms with Gasteiger partial charge < -0.3 is 9.84 Å². The molecule has 0 atom stereocenters. The number of carbonyl (C=O) groups excluding carboxylic acids is 1. The van der Waals surface area contributed by atoms with Gasteiger partial charge in [-0.05, 0) is 12.5 Å². The lowest BCUT2D eigenvalue weighted by Gasteiger charge is -2.02. The van der Waals surface area contributed by atoms with Crippen LogP contribution in [-0.2, 0) is 14.3 Å². The molecule has 0 rings (SSSR count). The summed E-state index contributed by atoms with van der Waals surface area (Å²) in [6, 6.07) is 0. The normalized spacial score (nSPS) is 8.94. The Morgan fingerprint density at radius 2 is 1.89 bits per heavy atom. The molecule has 0 heterocycles. The maximum Gasteiger partial charge on any atom is 0.337 e. The average Bonchev–Trinajstić information content (AvgIpc) is 2.36. The zero-order chi connectivity index (χ0) is 14.4. The van der Waals surface area contributed by atoms with E-state index in [-0.39, 0.29) is 5.97 Å². The Labute approximate surface area is 108 Å². The number of allylic oxidation sites excluding steroid dienone is 2. The van der Waals surface area contributed by atoms with Crippen molar-refractivity contribution in [2.75, 3.05) is 6.61 Å². The Balaban J connectivity index is 0. The molecular formula is C14H20O4. The minimum absolute atomic E-state index is 0.355. The summed E-state index contributed by atoms with van der Waals surface area (Å²) in [7, 11) is 0. The lowest BCUT2D eigenvalue weighted by atomic mass is 10.3. The van der Waals surface area contributed by atoms with Crippen molar-refractivity contribution < 1.29 is 19.4 Å². The van der Waals surface area contributed by atoms with Crippen molar-refractivity contribution >= 4 is 11.9 Å². The molecule has 0 aromatic rings. The van der Waals surface area contributed by atoms with Crippen LogP contribution < -0.4 is 0 Å². The molecule has 0 aliphatic rings. The lowest BCUT2D eigenvalue weighted by Crippen LogP contribution is -2.06. The molecule has 18 heavy (non-hydrogen) atoms. The van der Waals surface area contributed by atoms with Crippen LogP contribution in [0.5, 0.6) is 0 Å². The zero-order valence-electron chi connectivity index (χ0n) is 10.7. The number of carboxylic acid groups (broad SMARTS) is 1. The molecule has 0 saturated carbocycles. The molecule has 0 spiro atoms. The summed E-state index contributed by atoms with van der Waals surface area (Å²) in [5.41, 5.74) is 0.357. The molecule has 0 unspecified atom stereocenters. The van der Waals surface area contributed by atoms with E-state index in [0.717, 1.165) is 18.9 Å². The van der Waals surface area contributed by atoms with Crippen LogP contribution in [0.2, 0.25) is 0 Å². The minimum atomic E-state index is -0.981. The number of ether oxygens (including phenoxy) is 1. The maximum absolute atomic E-state index is 11.1. The molecule has 0 aromatic carbocycles. The Bertz CT molecular complexity index is 327. The van der Waals surface area contributed by atoms with Crippen LogP contribution in [0.3, 0.4) is 0 Å². The van der Waals surface area contributed by atoms with Crippen molar-refractivity contribution in [3.8, 4) is 0 Å². The molecule has 0 bridgehead atoms. The first-order valence-corrected chi connectivity index (χ1v) is 5.50. The van der Waals surface area contributed by atoms with Gasteiger partial charge in [0.25, 0.3) is 0 Å². The third kappa shape index (κ3) is 13.9.